The Morgan fingerprint density at radius 3 is 2.56 bits per heavy atom. The van der Waals surface area contributed by atoms with Crippen LogP contribution >= 0.6 is 0 Å². The van der Waals surface area contributed by atoms with E-state index in [1.807, 2.05) is 0 Å². The van der Waals surface area contributed by atoms with E-state index in [4.69, 9.17) is 4.74 Å². The molecular formula is C16H25NO. The molecule has 2 rings (SSSR count). The van der Waals surface area contributed by atoms with Gasteiger partial charge in [-0.05, 0) is 29.7 Å². The van der Waals surface area contributed by atoms with Crippen LogP contribution in [0.5, 0.6) is 0 Å². The Bertz CT molecular complexity index is 343. The second kappa shape index (κ2) is 6.35. The zero-order valence-corrected chi connectivity index (χ0v) is 11.6. The summed E-state index contributed by atoms with van der Waals surface area (Å²) in [4.78, 5) is 0. The molecule has 1 aromatic carbocycles. The Morgan fingerprint density at radius 2 is 1.89 bits per heavy atom. The number of rotatable bonds is 5. The van der Waals surface area contributed by atoms with Gasteiger partial charge in [0.05, 0.1) is 0 Å². The van der Waals surface area contributed by atoms with Crippen molar-refractivity contribution in [3.8, 4) is 0 Å². The lowest BCUT2D eigenvalue weighted by atomic mass is 9.82. The Morgan fingerprint density at radius 1 is 1.22 bits per heavy atom. The van der Waals surface area contributed by atoms with Gasteiger partial charge in [-0.25, -0.2) is 0 Å². The van der Waals surface area contributed by atoms with E-state index in [2.05, 4.69) is 49.5 Å². The van der Waals surface area contributed by atoms with Gasteiger partial charge in [-0.1, -0.05) is 44.2 Å². The first-order valence-electron chi connectivity index (χ1n) is 7.03. The molecule has 1 fully saturated rings. The number of ether oxygens (including phenoxy) is 1. The molecule has 100 valence electrons. The highest BCUT2D eigenvalue weighted by Gasteiger charge is 2.26. The van der Waals surface area contributed by atoms with Gasteiger partial charge in [0, 0.05) is 26.3 Å². The maximum atomic E-state index is 5.43. The molecule has 1 aromatic rings. The molecule has 0 spiro atoms. The molecule has 1 atom stereocenters. The number of benzene rings is 1. The molecule has 0 amide bonds. The van der Waals surface area contributed by atoms with Crippen LogP contribution in [0, 0.1) is 5.41 Å². The van der Waals surface area contributed by atoms with Crippen LogP contribution in [0.15, 0.2) is 30.3 Å². The summed E-state index contributed by atoms with van der Waals surface area (Å²) in [6.45, 7) is 8.66. The van der Waals surface area contributed by atoms with E-state index >= 15 is 0 Å². The number of hydrogen-bond donors (Lipinski definition) is 1. The summed E-state index contributed by atoms with van der Waals surface area (Å²) in [6, 6.07) is 10.7. The molecule has 1 saturated heterocycles. The van der Waals surface area contributed by atoms with Gasteiger partial charge in [-0.2, -0.15) is 0 Å². The first-order valence-corrected chi connectivity index (χ1v) is 7.03. The molecule has 0 radical (unpaired) electrons. The second-order valence-corrected chi connectivity index (χ2v) is 5.87. The molecule has 0 aliphatic carbocycles. The fraction of sp³-hybridized carbons (Fsp3) is 0.625. The van der Waals surface area contributed by atoms with Gasteiger partial charge in [-0.15, -0.1) is 0 Å². The monoisotopic (exact) mass is 247 g/mol. The third kappa shape index (κ3) is 3.82. The Hall–Kier alpha value is -0.860. The molecule has 1 heterocycles. The summed E-state index contributed by atoms with van der Waals surface area (Å²) >= 11 is 0. The van der Waals surface area contributed by atoms with E-state index in [0.717, 1.165) is 26.3 Å². The van der Waals surface area contributed by atoms with E-state index in [0.29, 0.717) is 11.3 Å². The minimum absolute atomic E-state index is 0.425. The Balaban J connectivity index is 1.75. The van der Waals surface area contributed by atoms with Crippen LogP contribution in [0.3, 0.4) is 0 Å². The lowest BCUT2D eigenvalue weighted by Crippen LogP contribution is -2.38. The van der Waals surface area contributed by atoms with Crippen molar-refractivity contribution in [3.05, 3.63) is 35.9 Å². The zero-order chi connectivity index (χ0) is 12.8. The van der Waals surface area contributed by atoms with Crippen LogP contribution in [0.2, 0.25) is 0 Å². The topological polar surface area (TPSA) is 21.3 Å². The molecule has 1 N–H and O–H groups in total. The van der Waals surface area contributed by atoms with Gasteiger partial charge in [-0.3, -0.25) is 0 Å². The summed E-state index contributed by atoms with van der Waals surface area (Å²) < 4.78 is 5.43. The maximum Gasteiger partial charge on any atom is 0.0471 e. The molecule has 1 aliphatic rings. The minimum atomic E-state index is 0.425. The van der Waals surface area contributed by atoms with Crippen molar-refractivity contribution in [2.45, 2.75) is 32.6 Å². The highest BCUT2D eigenvalue weighted by molar-refractivity contribution is 5.18. The zero-order valence-electron chi connectivity index (χ0n) is 11.6. The number of hydrogen-bond acceptors (Lipinski definition) is 2. The van der Waals surface area contributed by atoms with Gasteiger partial charge >= 0.3 is 0 Å². The van der Waals surface area contributed by atoms with Gasteiger partial charge in [0.15, 0.2) is 0 Å². The van der Waals surface area contributed by atoms with Gasteiger partial charge in [0.2, 0.25) is 0 Å². The predicted octanol–water partition coefficient (Wildman–Crippen LogP) is 3.20. The molecule has 18 heavy (non-hydrogen) atoms. The van der Waals surface area contributed by atoms with Crippen molar-refractivity contribution in [1.29, 1.82) is 0 Å². The van der Waals surface area contributed by atoms with E-state index in [1.54, 1.807) is 0 Å². The summed E-state index contributed by atoms with van der Waals surface area (Å²) in [7, 11) is 0. The fourth-order valence-electron chi connectivity index (χ4n) is 2.53. The van der Waals surface area contributed by atoms with E-state index in [9.17, 15) is 0 Å². The summed E-state index contributed by atoms with van der Waals surface area (Å²) in [5.74, 6) is 0.578. The molecule has 2 nitrogen and oxygen atoms in total. The molecule has 1 unspecified atom stereocenters. The van der Waals surface area contributed by atoms with Crippen LogP contribution < -0.4 is 5.32 Å². The summed E-state index contributed by atoms with van der Waals surface area (Å²) in [6.07, 6.45) is 2.36. The van der Waals surface area contributed by atoms with Crippen molar-refractivity contribution < 1.29 is 4.74 Å². The number of nitrogens with one attached hydrogen (secondary N) is 1. The lowest BCUT2D eigenvalue weighted by molar-refractivity contribution is 0.0241. The van der Waals surface area contributed by atoms with E-state index < -0.39 is 0 Å². The highest BCUT2D eigenvalue weighted by Crippen LogP contribution is 2.28. The van der Waals surface area contributed by atoms with Gasteiger partial charge in [0.25, 0.3) is 0 Å². The minimum Gasteiger partial charge on any atom is -0.381 e. The third-order valence-electron chi connectivity index (χ3n) is 4.07. The van der Waals surface area contributed by atoms with Crippen molar-refractivity contribution >= 4 is 0 Å². The standard InChI is InChI=1S/C16H25NO/c1-14(15-6-4-3-5-7-15)12-17-13-16(2)8-10-18-11-9-16/h3-7,14,17H,8-13H2,1-2H3. The largest absolute Gasteiger partial charge is 0.381 e. The third-order valence-corrected chi connectivity index (χ3v) is 4.07. The van der Waals surface area contributed by atoms with Crippen molar-refractivity contribution in [2.24, 2.45) is 5.41 Å². The van der Waals surface area contributed by atoms with Crippen LogP contribution in [-0.4, -0.2) is 26.3 Å². The molecular weight excluding hydrogens is 222 g/mol. The molecule has 0 bridgehead atoms. The van der Waals surface area contributed by atoms with Crippen LogP contribution in [-0.2, 0) is 4.74 Å². The second-order valence-electron chi connectivity index (χ2n) is 5.87. The van der Waals surface area contributed by atoms with E-state index in [-0.39, 0.29) is 0 Å². The normalized spacial score (nSPS) is 20.6. The Kier molecular flexibility index (Phi) is 4.79. The smallest absolute Gasteiger partial charge is 0.0471 e. The molecule has 0 saturated carbocycles. The predicted molar refractivity (Wildman–Crippen MR) is 75.9 cm³/mol. The molecule has 1 aliphatic heterocycles. The van der Waals surface area contributed by atoms with E-state index in [1.165, 1.54) is 18.4 Å². The van der Waals surface area contributed by atoms with Crippen molar-refractivity contribution in [1.82, 2.24) is 5.32 Å². The lowest BCUT2D eigenvalue weighted by Gasteiger charge is -2.34. The fourth-order valence-corrected chi connectivity index (χ4v) is 2.53. The highest BCUT2D eigenvalue weighted by atomic mass is 16.5. The maximum absolute atomic E-state index is 5.43. The average molecular weight is 247 g/mol. The van der Waals surface area contributed by atoms with Crippen LogP contribution in [0.4, 0.5) is 0 Å². The van der Waals surface area contributed by atoms with Crippen LogP contribution in [0.1, 0.15) is 38.2 Å². The molecule has 0 aromatic heterocycles. The first-order chi connectivity index (χ1) is 8.70. The van der Waals surface area contributed by atoms with Crippen molar-refractivity contribution in [3.63, 3.8) is 0 Å². The molecule has 2 heteroatoms. The SMILES string of the molecule is CC(CNCC1(C)CCOCC1)c1ccccc1. The van der Waals surface area contributed by atoms with Crippen LogP contribution in [0.25, 0.3) is 0 Å². The first kappa shape index (κ1) is 13.6. The van der Waals surface area contributed by atoms with Gasteiger partial charge < -0.3 is 10.1 Å². The quantitative estimate of drug-likeness (QED) is 0.862. The summed E-state index contributed by atoms with van der Waals surface area (Å²) in [5, 5.41) is 3.64. The van der Waals surface area contributed by atoms with Crippen molar-refractivity contribution in [2.75, 3.05) is 26.3 Å². The average Bonchev–Trinajstić information content (AvgIpc) is 2.40. The Labute approximate surface area is 111 Å². The summed E-state index contributed by atoms with van der Waals surface area (Å²) in [5.41, 5.74) is 1.84. The van der Waals surface area contributed by atoms with Gasteiger partial charge in [0.1, 0.15) is 0 Å².